The number of aryl methyl sites for hydroxylation is 1. The van der Waals surface area contributed by atoms with E-state index in [1.807, 2.05) is 43.3 Å². The van der Waals surface area contributed by atoms with Crippen molar-refractivity contribution in [2.45, 2.75) is 40.4 Å². The number of hydrogen-bond donors (Lipinski definition) is 3. The van der Waals surface area contributed by atoms with Crippen molar-refractivity contribution in [1.82, 2.24) is 16.0 Å². The molecule has 0 aliphatic carbocycles. The van der Waals surface area contributed by atoms with Gasteiger partial charge in [0.15, 0.2) is 0 Å². The Kier molecular flexibility index (Phi) is 6.63. The summed E-state index contributed by atoms with van der Waals surface area (Å²) in [5.74, 6) is -0.352. The summed E-state index contributed by atoms with van der Waals surface area (Å²) in [7, 11) is 1.37. The van der Waals surface area contributed by atoms with E-state index in [1.165, 1.54) is 7.11 Å². The number of carbonyl (C=O) groups excluding carboxylic acids is 1. The summed E-state index contributed by atoms with van der Waals surface area (Å²) in [5, 5.41) is 11.5. The third kappa shape index (κ3) is 4.35. The van der Waals surface area contributed by atoms with Gasteiger partial charge in [0.05, 0.1) is 37.5 Å². The van der Waals surface area contributed by atoms with E-state index in [4.69, 9.17) is 9.47 Å². The summed E-state index contributed by atoms with van der Waals surface area (Å²) in [6, 6.07) is 5.74. The fourth-order valence-electron chi connectivity index (χ4n) is 2.93. The molecular weight excluding hydrogens is 334 g/mol. The first kappa shape index (κ1) is 20.2. The molecule has 1 aromatic carbocycles. The molecule has 0 aromatic heterocycles. The van der Waals surface area contributed by atoms with Crippen molar-refractivity contribution < 1.29 is 19.4 Å². The quantitative estimate of drug-likeness (QED) is 0.609. The number of benzene rings is 1. The Hall–Kier alpha value is -2.09. The van der Waals surface area contributed by atoms with Crippen molar-refractivity contribution in [3.8, 4) is 0 Å². The molecule has 1 unspecified atom stereocenters. The smallest absolute Gasteiger partial charge is 0.314 e. The topological polar surface area (TPSA) is 83.1 Å². The molecule has 26 heavy (non-hydrogen) atoms. The molecular formula is C19H29N3O4. The standard InChI is InChI=1S/C19H29N3O4/c1-6-22-10-16(20-21-22)12-26-17(19(3,4)18(24)25-5)14-8-7-13(2)15(9-14)11-23/h7-10,17,20-21,23H,6,11-12H2,1-5H3. The molecule has 0 amide bonds. The normalized spacial score (nSPS) is 15.5. The van der Waals surface area contributed by atoms with E-state index in [2.05, 4.69) is 11.0 Å². The van der Waals surface area contributed by atoms with Crippen LogP contribution in [0.2, 0.25) is 0 Å². The largest absolute Gasteiger partial charge is 0.469 e. The Morgan fingerprint density at radius 3 is 2.69 bits per heavy atom. The molecule has 0 spiro atoms. The Morgan fingerprint density at radius 2 is 2.12 bits per heavy atom. The van der Waals surface area contributed by atoms with Gasteiger partial charge in [-0.05, 0) is 44.4 Å². The molecule has 144 valence electrons. The lowest BCUT2D eigenvalue weighted by Crippen LogP contribution is -2.37. The van der Waals surface area contributed by atoms with Gasteiger partial charge in [0.2, 0.25) is 0 Å². The minimum atomic E-state index is -0.895. The number of rotatable bonds is 8. The lowest BCUT2D eigenvalue weighted by molar-refractivity contribution is -0.160. The molecule has 1 aliphatic rings. The summed E-state index contributed by atoms with van der Waals surface area (Å²) in [5.41, 5.74) is 8.66. The maximum Gasteiger partial charge on any atom is 0.314 e. The van der Waals surface area contributed by atoms with Crippen LogP contribution in [-0.4, -0.2) is 36.3 Å². The molecule has 1 aromatic rings. The Labute approximate surface area is 154 Å². The Balaban J connectivity index is 2.29. The van der Waals surface area contributed by atoms with Crippen LogP contribution in [0.3, 0.4) is 0 Å². The van der Waals surface area contributed by atoms with Crippen LogP contribution in [0, 0.1) is 12.3 Å². The number of nitrogens with zero attached hydrogens (tertiary/aromatic N) is 1. The lowest BCUT2D eigenvalue weighted by atomic mass is 9.81. The third-order valence-corrected chi connectivity index (χ3v) is 4.63. The van der Waals surface area contributed by atoms with Gasteiger partial charge in [-0.2, -0.15) is 0 Å². The number of nitrogens with one attached hydrogen (secondary N) is 2. The zero-order chi connectivity index (χ0) is 19.3. The van der Waals surface area contributed by atoms with E-state index in [-0.39, 0.29) is 12.6 Å². The van der Waals surface area contributed by atoms with E-state index in [0.717, 1.165) is 28.9 Å². The van der Waals surface area contributed by atoms with Crippen molar-refractivity contribution in [2.75, 3.05) is 20.3 Å². The van der Waals surface area contributed by atoms with Crippen molar-refractivity contribution in [3.63, 3.8) is 0 Å². The second-order valence-corrected chi connectivity index (χ2v) is 6.93. The van der Waals surface area contributed by atoms with Gasteiger partial charge < -0.3 is 20.0 Å². The SMILES string of the molecule is CCN1C=C(COC(c2ccc(C)c(CO)c2)C(C)(C)C(=O)OC)NN1. The second-order valence-electron chi connectivity index (χ2n) is 6.93. The average molecular weight is 363 g/mol. The van der Waals surface area contributed by atoms with Gasteiger partial charge in [0, 0.05) is 12.7 Å². The summed E-state index contributed by atoms with van der Waals surface area (Å²) in [6.07, 6.45) is 1.40. The van der Waals surface area contributed by atoms with E-state index in [9.17, 15) is 9.90 Å². The van der Waals surface area contributed by atoms with Gasteiger partial charge in [-0.15, -0.1) is 5.53 Å². The van der Waals surface area contributed by atoms with Crippen LogP contribution >= 0.6 is 0 Å². The minimum Gasteiger partial charge on any atom is -0.469 e. The molecule has 3 N–H and O–H groups in total. The van der Waals surface area contributed by atoms with Crippen molar-refractivity contribution >= 4 is 5.97 Å². The number of aliphatic hydroxyl groups excluding tert-OH is 1. The summed E-state index contributed by atoms with van der Waals surface area (Å²) < 4.78 is 11.1. The fraction of sp³-hybridized carbons (Fsp3) is 0.526. The number of ether oxygens (including phenoxy) is 2. The summed E-state index contributed by atoms with van der Waals surface area (Å²) >= 11 is 0. The van der Waals surface area contributed by atoms with Crippen LogP contribution in [0.4, 0.5) is 0 Å². The first-order chi connectivity index (χ1) is 12.3. The Bertz CT molecular complexity index is 673. The first-order valence-electron chi connectivity index (χ1n) is 8.72. The van der Waals surface area contributed by atoms with Gasteiger partial charge in [0.25, 0.3) is 0 Å². The van der Waals surface area contributed by atoms with Gasteiger partial charge in [-0.3, -0.25) is 9.80 Å². The van der Waals surface area contributed by atoms with Crippen LogP contribution < -0.4 is 11.0 Å². The highest BCUT2D eigenvalue weighted by atomic mass is 16.5. The van der Waals surface area contributed by atoms with Crippen molar-refractivity contribution in [1.29, 1.82) is 0 Å². The van der Waals surface area contributed by atoms with Gasteiger partial charge in [-0.25, -0.2) is 0 Å². The van der Waals surface area contributed by atoms with E-state index >= 15 is 0 Å². The number of carbonyl (C=O) groups is 1. The van der Waals surface area contributed by atoms with Crippen LogP contribution in [-0.2, 0) is 20.9 Å². The van der Waals surface area contributed by atoms with E-state index in [0.29, 0.717) is 6.61 Å². The third-order valence-electron chi connectivity index (χ3n) is 4.63. The molecule has 0 bridgehead atoms. The number of esters is 1. The first-order valence-corrected chi connectivity index (χ1v) is 8.72. The maximum atomic E-state index is 12.4. The lowest BCUT2D eigenvalue weighted by Gasteiger charge is -2.32. The van der Waals surface area contributed by atoms with Gasteiger partial charge in [0.1, 0.15) is 0 Å². The molecule has 0 saturated heterocycles. The van der Waals surface area contributed by atoms with Gasteiger partial charge in [-0.1, -0.05) is 18.2 Å². The zero-order valence-corrected chi connectivity index (χ0v) is 16.1. The van der Waals surface area contributed by atoms with Crippen LogP contribution in [0.1, 0.15) is 43.6 Å². The van der Waals surface area contributed by atoms with Crippen molar-refractivity contribution in [2.24, 2.45) is 5.41 Å². The molecule has 0 radical (unpaired) electrons. The molecule has 2 rings (SSSR count). The highest BCUT2D eigenvalue weighted by Gasteiger charge is 2.40. The van der Waals surface area contributed by atoms with Crippen molar-refractivity contribution in [3.05, 3.63) is 46.8 Å². The minimum absolute atomic E-state index is 0.0624. The van der Waals surface area contributed by atoms with E-state index < -0.39 is 11.5 Å². The zero-order valence-electron chi connectivity index (χ0n) is 16.1. The molecule has 7 nitrogen and oxygen atoms in total. The highest BCUT2D eigenvalue weighted by molar-refractivity contribution is 5.77. The molecule has 1 atom stereocenters. The molecule has 0 saturated carbocycles. The van der Waals surface area contributed by atoms with Crippen LogP contribution in [0.5, 0.6) is 0 Å². The monoisotopic (exact) mass is 363 g/mol. The summed E-state index contributed by atoms with van der Waals surface area (Å²) in [6.45, 7) is 8.62. The number of hydrazine groups is 2. The number of methoxy groups -OCH3 is 1. The maximum absolute atomic E-state index is 12.4. The van der Waals surface area contributed by atoms with Crippen LogP contribution in [0.15, 0.2) is 30.1 Å². The highest BCUT2D eigenvalue weighted by Crippen LogP contribution is 2.38. The molecule has 1 heterocycles. The fourth-order valence-corrected chi connectivity index (χ4v) is 2.93. The predicted molar refractivity (Wildman–Crippen MR) is 98.3 cm³/mol. The second kappa shape index (κ2) is 8.53. The number of aliphatic hydroxyl groups is 1. The molecule has 0 fully saturated rings. The van der Waals surface area contributed by atoms with E-state index in [1.54, 1.807) is 13.8 Å². The van der Waals surface area contributed by atoms with Crippen LogP contribution in [0.25, 0.3) is 0 Å². The van der Waals surface area contributed by atoms with Gasteiger partial charge >= 0.3 is 5.97 Å². The average Bonchev–Trinajstić information content (AvgIpc) is 3.10. The molecule has 7 heteroatoms. The number of hydrogen-bond acceptors (Lipinski definition) is 7. The summed E-state index contributed by atoms with van der Waals surface area (Å²) in [4.78, 5) is 12.4. The Morgan fingerprint density at radius 1 is 1.38 bits per heavy atom. The predicted octanol–water partition coefficient (Wildman–Crippen LogP) is 1.93. The molecule has 1 aliphatic heterocycles.